The summed E-state index contributed by atoms with van der Waals surface area (Å²) < 4.78 is 40.8. The molecule has 0 unspecified atom stereocenters. The van der Waals surface area contributed by atoms with Crippen LogP contribution in [0.4, 0.5) is 10.7 Å². The number of carbonyl (C=O) groups excluding carboxylic acids is 5. The number of carboxylic acids is 1. The summed E-state index contributed by atoms with van der Waals surface area (Å²) in [5.41, 5.74) is 16.1. The van der Waals surface area contributed by atoms with Gasteiger partial charge in [0.1, 0.15) is 40.7 Å². The number of benzene rings is 2. The Morgan fingerprint density at radius 3 is 2.05 bits per heavy atom. The summed E-state index contributed by atoms with van der Waals surface area (Å²) in [6.45, 7) is 11.2. The van der Waals surface area contributed by atoms with Gasteiger partial charge in [-0.05, 0) is 71.0 Å². The molecule has 0 fully saturated rings. The molecule has 7 aromatic rings. The molecule has 0 saturated heterocycles. The molecule has 0 bridgehead atoms. The van der Waals surface area contributed by atoms with Gasteiger partial charge in [-0.15, -0.1) is 0 Å². The Morgan fingerprint density at radius 2 is 1.35 bits per heavy atom. The number of primary amides is 2. The van der Waals surface area contributed by atoms with Crippen LogP contribution in [0.15, 0.2) is 54.7 Å². The highest BCUT2D eigenvalue weighted by atomic mass is 16.6. The van der Waals surface area contributed by atoms with Crippen LogP contribution in [0, 0.1) is 13.8 Å². The van der Waals surface area contributed by atoms with E-state index in [0.717, 1.165) is 5.69 Å². The fourth-order valence-electron chi connectivity index (χ4n) is 8.39. The van der Waals surface area contributed by atoms with Crippen LogP contribution in [0.1, 0.15) is 82.6 Å². The van der Waals surface area contributed by atoms with Crippen LogP contribution in [0.3, 0.4) is 0 Å². The first kappa shape index (κ1) is 56.8. The molecule has 26 heteroatoms. The smallest absolute Gasteiger partial charge is 0.407 e. The maximum absolute atomic E-state index is 14.0. The van der Waals surface area contributed by atoms with Crippen molar-refractivity contribution in [3.05, 3.63) is 83.0 Å². The predicted molar refractivity (Wildman–Crippen MR) is 283 cm³/mol. The third kappa shape index (κ3) is 14.1. The minimum Gasteiger partial charge on any atom is -0.491 e. The zero-order valence-electron chi connectivity index (χ0n) is 44.0. The number of rotatable bonds is 30. The first-order valence-corrected chi connectivity index (χ1v) is 25.3. The quantitative estimate of drug-likeness (QED) is 0.0232. The number of nitrogens with zero attached hydrogens (tertiary/aromatic N) is 9. The number of alkyl carbamates (subject to hydrolysis) is 1. The standard InChI is InChI=1S/C52H63N13O13/c1-6-64-38(24-31(4)60-64)48-56-30-36-35-26-33(46(53)69)28-40(77-23-22-74-21-20-73-19-13-42(66)67)44(35)62(49(36)58-48)15-9-10-16-63-45-37(57-51(63)59-50(71)39-25-32(5)61-65(39)7-2)27-34(47(54)70)29-41(45)76-17-11-18-78-52(72)55-14-12-43(68)75-8-3/h9-10,24-30H,6-8,11-23H2,1-5H3,(H2,53,69)(H2,54,70)(H,55,72)(H,66,67)(H,57,59,71). The molecule has 5 heterocycles. The predicted octanol–water partition coefficient (Wildman–Crippen LogP) is 4.69. The highest BCUT2D eigenvalue weighted by Gasteiger charge is 2.24. The van der Waals surface area contributed by atoms with Gasteiger partial charge in [0.05, 0.1) is 81.5 Å². The number of fused-ring (bicyclic) bond motifs is 4. The second kappa shape index (κ2) is 26.7. The minimum atomic E-state index is -0.964. The molecule has 0 aliphatic rings. The summed E-state index contributed by atoms with van der Waals surface area (Å²) in [6, 6.07) is 9.74. The Morgan fingerprint density at radius 1 is 0.692 bits per heavy atom. The molecule has 0 radical (unpaired) electrons. The molecule has 0 saturated carbocycles. The van der Waals surface area contributed by atoms with Gasteiger partial charge < -0.3 is 59.4 Å². The normalized spacial score (nSPS) is 11.4. The maximum Gasteiger partial charge on any atom is 0.407 e. The molecule has 0 aliphatic heterocycles. The van der Waals surface area contributed by atoms with Gasteiger partial charge in [0.15, 0.2) is 5.82 Å². The molecular weight excluding hydrogens is 1010 g/mol. The average molecular weight is 1080 g/mol. The molecule has 7 rings (SSSR count). The fourth-order valence-corrected chi connectivity index (χ4v) is 8.39. The zero-order valence-corrected chi connectivity index (χ0v) is 44.0. The maximum atomic E-state index is 14.0. The van der Waals surface area contributed by atoms with Crippen LogP contribution in [-0.2, 0) is 54.7 Å². The van der Waals surface area contributed by atoms with Crippen molar-refractivity contribution < 1.29 is 62.3 Å². The summed E-state index contributed by atoms with van der Waals surface area (Å²) in [5, 5.41) is 24.5. The highest BCUT2D eigenvalue weighted by Crippen LogP contribution is 2.37. The van der Waals surface area contributed by atoms with Crippen LogP contribution >= 0.6 is 0 Å². The van der Waals surface area contributed by atoms with E-state index in [2.05, 4.69) is 20.8 Å². The number of hydrogen-bond acceptors (Lipinski definition) is 17. The van der Waals surface area contributed by atoms with E-state index >= 15 is 0 Å². The van der Waals surface area contributed by atoms with Crippen molar-refractivity contribution in [2.75, 3.05) is 64.7 Å². The molecule has 4 amide bonds. The molecule has 7 N–H and O–H groups in total. The van der Waals surface area contributed by atoms with Crippen molar-refractivity contribution in [3.8, 4) is 23.0 Å². The first-order chi connectivity index (χ1) is 37.6. The van der Waals surface area contributed by atoms with Gasteiger partial charge in [-0.3, -0.25) is 38.7 Å². The Labute approximate surface area is 446 Å². The van der Waals surface area contributed by atoms with Crippen LogP contribution in [0.2, 0.25) is 0 Å². The summed E-state index contributed by atoms with van der Waals surface area (Å²) in [5.74, 6) is -2.33. The lowest BCUT2D eigenvalue weighted by Gasteiger charge is -2.14. The number of carbonyl (C=O) groups is 6. The average Bonchev–Trinajstić information content (AvgIpc) is 4.21. The number of aryl methyl sites for hydroxylation is 4. The van der Waals surface area contributed by atoms with Gasteiger partial charge in [-0.1, -0.05) is 12.2 Å². The monoisotopic (exact) mass is 1080 g/mol. The van der Waals surface area contributed by atoms with Crippen LogP contribution in [-0.4, -0.2) is 144 Å². The van der Waals surface area contributed by atoms with Crippen molar-refractivity contribution >= 4 is 74.7 Å². The lowest BCUT2D eigenvalue weighted by Crippen LogP contribution is -2.27. The molecule has 414 valence electrons. The molecule has 5 aromatic heterocycles. The first-order valence-electron chi connectivity index (χ1n) is 25.3. The number of aromatic nitrogens is 9. The number of aliphatic carboxylic acids is 1. The molecule has 26 nitrogen and oxygen atoms in total. The van der Waals surface area contributed by atoms with Gasteiger partial charge in [0.25, 0.3) is 5.91 Å². The Kier molecular flexibility index (Phi) is 19.5. The molecule has 78 heavy (non-hydrogen) atoms. The number of hydrogen-bond donors (Lipinski definition) is 5. The third-order valence-electron chi connectivity index (χ3n) is 11.9. The number of carboxylic acid groups (broad SMARTS) is 1. The molecule has 0 atom stereocenters. The van der Waals surface area contributed by atoms with Crippen molar-refractivity contribution in [3.63, 3.8) is 0 Å². The van der Waals surface area contributed by atoms with Gasteiger partial charge in [0, 0.05) is 67.2 Å². The largest absolute Gasteiger partial charge is 0.491 e. The summed E-state index contributed by atoms with van der Waals surface area (Å²) in [4.78, 5) is 88.9. The number of anilines is 1. The molecule has 2 aromatic carbocycles. The number of nitrogens with one attached hydrogen (secondary N) is 2. The Balaban J connectivity index is 1.23. The SMILES string of the molecule is CCOC(=O)CCNC(=O)OCCCOc1cc(C(N)=O)cc2nc(NC(=O)c3cc(C)nn3CC)n(CC=CCn3c4nc(-c5cc(C)nn5CC)ncc4c4cc(C(N)=O)cc(OCCOCCOCCC(=O)O)c43)c12. The zero-order chi connectivity index (χ0) is 55.9. The van der Waals surface area contributed by atoms with Crippen LogP contribution in [0.5, 0.6) is 11.5 Å². The van der Waals surface area contributed by atoms with E-state index in [-0.39, 0.29) is 120 Å². The second-order valence-corrected chi connectivity index (χ2v) is 17.5. The number of amides is 4. The minimum absolute atomic E-state index is 0.0122. The lowest BCUT2D eigenvalue weighted by molar-refractivity contribution is -0.143. The van der Waals surface area contributed by atoms with Gasteiger partial charge in [-0.2, -0.15) is 10.2 Å². The van der Waals surface area contributed by atoms with Gasteiger partial charge in [0.2, 0.25) is 17.8 Å². The number of esters is 1. The van der Waals surface area contributed by atoms with Gasteiger partial charge in [-0.25, -0.2) is 19.7 Å². The van der Waals surface area contributed by atoms with Crippen molar-refractivity contribution in [2.24, 2.45) is 11.5 Å². The topological polar surface area (TPSA) is 338 Å². The fraction of sp³-hybridized carbons (Fsp3) is 0.404. The van der Waals surface area contributed by atoms with Crippen LogP contribution < -0.4 is 31.6 Å². The van der Waals surface area contributed by atoms with E-state index < -0.39 is 35.8 Å². The molecular formula is C52H63N13O13. The highest BCUT2D eigenvalue weighted by molar-refractivity contribution is 6.12. The van der Waals surface area contributed by atoms with Crippen LogP contribution in [0.25, 0.3) is 44.5 Å². The van der Waals surface area contributed by atoms with E-state index in [0.29, 0.717) is 69.2 Å². The van der Waals surface area contributed by atoms with Crippen molar-refractivity contribution in [2.45, 2.75) is 80.1 Å². The van der Waals surface area contributed by atoms with E-state index in [9.17, 15) is 28.8 Å². The molecule has 0 spiro atoms. The number of nitrogens with two attached hydrogens (primary N) is 2. The lowest BCUT2D eigenvalue weighted by atomic mass is 10.1. The third-order valence-corrected chi connectivity index (χ3v) is 11.9. The number of allylic oxidation sites excluding steroid dienone is 2. The summed E-state index contributed by atoms with van der Waals surface area (Å²) in [7, 11) is 0. The van der Waals surface area contributed by atoms with Crippen molar-refractivity contribution in [1.82, 2.24) is 49.0 Å². The summed E-state index contributed by atoms with van der Waals surface area (Å²) in [6.07, 6.45) is 4.76. The number of imidazole rings is 1. The Bertz CT molecular complexity index is 3360. The van der Waals surface area contributed by atoms with Gasteiger partial charge >= 0.3 is 18.0 Å². The van der Waals surface area contributed by atoms with Crippen molar-refractivity contribution in [1.29, 1.82) is 0 Å². The van der Waals surface area contributed by atoms with E-state index in [4.69, 9.17) is 59.9 Å². The summed E-state index contributed by atoms with van der Waals surface area (Å²) >= 11 is 0. The molecule has 0 aliphatic carbocycles. The van der Waals surface area contributed by atoms with E-state index in [1.165, 1.54) is 12.1 Å². The van der Waals surface area contributed by atoms with E-state index in [1.54, 1.807) is 52.2 Å². The number of ether oxygens (including phenoxy) is 6. The Hall–Kier alpha value is -8.91. The second-order valence-electron chi connectivity index (χ2n) is 17.5. The van der Waals surface area contributed by atoms with E-state index in [1.807, 2.05) is 43.6 Å².